The van der Waals surface area contributed by atoms with Crippen LogP contribution in [0.2, 0.25) is 0 Å². The van der Waals surface area contributed by atoms with Gasteiger partial charge in [0.1, 0.15) is 0 Å². The molecule has 0 aromatic heterocycles. The Hall–Kier alpha value is -1.65. The van der Waals surface area contributed by atoms with Crippen LogP contribution in [-0.4, -0.2) is 8.42 Å². The average Bonchev–Trinajstić information content (AvgIpc) is 2.39. The van der Waals surface area contributed by atoms with Gasteiger partial charge >= 0.3 is 0 Å². The number of hydrogen-bond donors (Lipinski definition) is 1. The van der Waals surface area contributed by atoms with Crippen molar-refractivity contribution in [3.05, 3.63) is 71.3 Å². The van der Waals surface area contributed by atoms with Crippen LogP contribution in [0.25, 0.3) is 0 Å². The summed E-state index contributed by atoms with van der Waals surface area (Å²) in [5.41, 5.74) is 2.91. The van der Waals surface area contributed by atoms with Gasteiger partial charge in [0.25, 0.3) is 0 Å². The van der Waals surface area contributed by atoms with Crippen molar-refractivity contribution in [2.75, 3.05) is 0 Å². The Bertz CT molecular complexity index is 619. The minimum atomic E-state index is -3.29. The van der Waals surface area contributed by atoms with Crippen LogP contribution in [0.3, 0.4) is 0 Å². The molecule has 2 rings (SSSR count). The fraction of sp³-hybridized carbons (Fsp3) is 0.200. The number of benzene rings is 2. The molecule has 0 aliphatic heterocycles. The smallest absolute Gasteiger partial charge is 0.212 e. The summed E-state index contributed by atoms with van der Waals surface area (Å²) in [5, 5.41) is 0. The third-order valence-electron chi connectivity index (χ3n) is 2.82. The molecule has 0 fully saturated rings. The zero-order chi connectivity index (χ0) is 13.7. The monoisotopic (exact) mass is 275 g/mol. The molecule has 2 aromatic rings. The Morgan fingerprint density at radius 3 is 2.16 bits per heavy atom. The molecule has 1 N–H and O–H groups in total. The van der Waals surface area contributed by atoms with E-state index in [4.69, 9.17) is 0 Å². The second-order valence-electron chi connectivity index (χ2n) is 4.55. The fourth-order valence-corrected chi connectivity index (χ4v) is 2.86. The summed E-state index contributed by atoms with van der Waals surface area (Å²) in [5.74, 6) is 0.0136. The van der Waals surface area contributed by atoms with Crippen LogP contribution in [0.15, 0.2) is 54.6 Å². The number of hydrogen-bond acceptors (Lipinski definition) is 2. The highest BCUT2D eigenvalue weighted by Crippen LogP contribution is 2.06. The molecule has 100 valence electrons. The molecule has 0 unspecified atom stereocenters. The molecule has 3 nitrogen and oxygen atoms in total. The fourth-order valence-electron chi connectivity index (χ4n) is 1.74. The van der Waals surface area contributed by atoms with E-state index < -0.39 is 10.0 Å². The minimum Gasteiger partial charge on any atom is -0.212 e. The Balaban J connectivity index is 1.96. The Kier molecular flexibility index (Phi) is 4.35. The molecule has 0 bridgehead atoms. The Labute approximate surface area is 114 Å². The van der Waals surface area contributed by atoms with E-state index in [-0.39, 0.29) is 5.75 Å². The first-order chi connectivity index (χ1) is 9.05. The minimum absolute atomic E-state index is 0.0136. The van der Waals surface area contributed by atoms with Gasteiger partial charge < -0.3 is 0 Å². The predicted octanol–water partition coefficient (Wildman–Crippen LogP) is 2.61. The second kappa shape index (κ2) is 5.99. The number of rotatable bonds is 5. The van der Waals surface area contributed by atoms with Gasteiger partial charge in [0.05, 0.1) is 5.75 Å². The van der Waals surface area contributed by atoms with E-state index >= 15 is 0 Å². The third kappa shape index (κ3) is 4.50. The van der Waals surface area contributed by atoms with E-state index in [1.54, 1.807) is 0 Å². The molecule has 0 radical (unpaired) electrons. The van der Waals surface area contributed by atoms with Gasteiger partial charge in [-0.1, -0.05) is 60.2 Å². The molecule has 0 aliphatic carbocycles. The first kappa shape index (κ1) is 13.8. The lowest BCUT2D eigenvalue weighted by Gasteiger charge is -2.07. The van der Waals surface area contributed by atoms with Crippen molar-refractivity contribution in [1.29, 1.82) is 0 Å². The molecule has 0 aliphatic rings. The van der Waals surface area contributed by atoms with E-state index in [2.05, 4.69) is 4.72 Å². The van der Waals surface area contributed by atoms with Crippen LogP contribution in [0.4, 0.5) is 0 Å². The third-order valence-corrected chi connectivity index (χ3v) is 4.11. The Morgan fingerprint density at radius 1 is 0.895 bits per heavy atom. The van der Waals surface area contributed by atoms with Crippen molar-refractivity contribution in [3.63, 3.8) is 0 Å². The Morgan fingerprint density at radius 2 is 1.53 bits per heavy atom. The maximum absolute atomic E-state index is 11.9. The lowest BCUT2D eigenvalue weighted by Crippen LogP contribution is -2.24. The summed E-state index contributed by atoms with van der Waals surface area (Å²) in [6.07, 6.45) is 0. The molecule has 0 heterocycles. The second-order valence-corrected chi connectivity index (χ2v) is 6.36. The van der Waals surface area contributed by atoms with E-state index in [0.29, 0.717) is 6.54 Å². The van der Waals surface area contributed by atoms with Crippen molar-refractivity contribution in [2.24, 2.45) is 0 Å². The standard InChI is InChI=1S/C15H17NO2S/c1-13-7-9-14(10-8-13)11-16-19(17,18)12-15-5-3-2-4-6-15/h2-10,16H,11-12H2,1H3. The van der Waals surface area contributed by atoms with Gasteiger partial charge in [0.15, 0.2) is 0 Å². The molecule has 0 spiro atoms. The van der Waals surface area contributed by atoms with Crippen LogP contribution < -0.4 is 4.72 Å². The van der Waals surface area contributed by atoms with Gasteiger partial charge in [-0.25, -0.2) is 13.1 Å². The maximum atomic E-state index is 11.9. The molecular weight excluding hydrogens is 258 g/mol. The van der Waals surface area contributed by atoms with Crippen LogP contribution in [0.1, 0.15) is 16.7 Å². The van der Waals surface area contributed by atoms with Crippen molar-refractivity contribution in [3.8, 4) is 0 Å². The van der Waals surface area contributed by atoms with Crippen LogP contribution in [0.5, 0.6) is 0 Å². The summed E-state index contributed by atoms with van der Waals surface area (Å²) in [7, 11) is -3.29. The molecule has 0 amide bonds. The molecule has 19 heavy (non-hydrogen) atoms. The van der Waals surface area contributed by atoms with Crippen LogP contribution >= 0.6 is 0 Å². The number of aryl methyl sites for hydroxylation is 1. The summed E-state index contributed by atoms with van der Waals surface area (Å²) in [6.45, 7) is 2.33. The van der Waals surface area contributed by atoms with Gasteiger partial charge in [-0.2, -0.15) is 0 Å². The normalized spacial score (nSPS) is 11.4. The van der Waals surface area contributed by atoms with Crippen LogP contribution in [0, 0.1) is 6.92 Å². The first-order valence-electron chi connectivity index (χ1n) is 6.12. The largest absolute Gasteiger partial charge is 0.216 e. The van der Waals surface area contributed by atoms with Crippen molar-refractivity contribution in [1.82, 2.24) is 4.72 Å². The van der Waals surface area contributed by atoms with E-state index in [1.165, 1.54) is 0 Å². The average molecular weight is 275 g/mol. The lowest BCUT2D eigenvalue weighted by molar-refractivity contribution is 0.580. The topological polar surface area (TPSA) is 46.2 Å². The zero-order valence-electron chi connectivity index (χ0n) is 10.8. The zero-order valence-corrected chi connectivity index (χ0v) is 11.7. The van der Waals surface area contributed by atoms with Gasteiger partial charge in [0, 0.05) is 6.54 Å². The van der Waals surface area contributed by atoms with Gasteiger partial charge in [0.2, 0.25) is 10.0 Å². The highest BCUT2D eigenvalue weighted by atomic mass is 32.2. The lowest BCUT2D eigenvalue weighted by atomic mass is 10.2. The van der Waals surface area contributed by atoms with Gasteiger partial charge in [-0.15, -0.1) is 0 Å². The van der Waals surface area contributed by atoms with Crippen molar-refractivity contribution >= 4 is 10.0 Å². The highest BCUT2D eigenvalue weighted by Gasteiger charge is 2.10. The number of nitrogens with one attached hydrogen (secondary N) is 1. The molecule has 0 saturated carbocycles. The molecular formula is C15H17NO2S. The first-order valence-corrected chi connectivity index (χ1v) is 7.77. The summed E-state index contributed by atoms with van der Waals surface area (Å²) < 4.78 is 26.5. The van der Waals surface area contributed by atoms with Gasteiger partial charge in [-0.3, -0.25) is 0 Å². The highest BCUT2D eigenvalue weighted by molar-refractivity contribution is 7.88. The SMILES string of the molecule is Cc1ccc(CNS(=O)(=O)Cc2ccccc2)cc1. The molecule has 0 saturated heterocycles. The summed E-state index contributed by atoms with van der Waals surface area (Å²) in [4.78, 5) is 0. The predicted molar refractivity (Wildman–Crippen MR) is 77.1 cm³/mol. The summed E-state index contributed by atoms with van der Waals surface area (Å²) in [6, 6.07) is 17.0. The van der Waals surface area contributed by atoms with E-state index in [1.807, 2.05) is 61.5 Å². The van der Waals surface area contributed by atoms with E-state index in [9.17, 15) is 8.42 Å². The maximum Gasteiger partial charge on any atom is 0.216 e. The van der Waals surface area contributed by atoms with Crippen molar-refractivity contribution < 1.29 is 8.42 Å². The quantitative estimate of drug-likeness (QED) is 0.911. The molecule has 2 aromatic carbocycles. The molecule has 4 heteroatoms. The van der Waals surface area contributed by atoms with Crippen LogP contribution in [-0.2, 0) is 22.3 Å². The summed E-state index contributed by atoms with van der Waals surface area (Å²) >= 11 is 0. The van der Waals surface area contributed by atoms with E-state index in [0.717, 1.165) is 16.7 Å². The van der Waals surface area contributed by atoms with Crippen molar-refractivity contribution in [2.45, 2.75) is 19.2 Å². The van der Waals surface area contributed by atoms with Gasteiger partial charge in [-0.05, 0) is 18.1 Å². The molecule has 0 atom stereocenters. The number of sulfonamides is 1.